The van der Waals surface area contributed by atoms with Crippen molar-refractivity contribution < 1.29 is 23.2 Å². The number of nitrogens with zero attached hydrogens (tertiary/aromatic N) is 2. The van der Waals surface area contributed by atoms with Crippen LogP contribution in [-0.4, -0.2) is 34.9 Å². The van der Waals surface area contributed by atoms with E-state index in [1.807, 2.05) is 0 Å². The molecule has 1 heterocycles. The molecule has 2 N–H and O–H groups in total. The van der Waals surface area contributed by atoms with E-state index in [9.17, 15) is 23.3 Å². The number of carboxylic acid groups (broad SMARTS) is 1. The number of pyridine rings is 1. The molecule has 1 atom stereocenters. The molecule has 21 heavy (non-hydrogen) atoms. The molecule has 9 nitrogen and oxygen atoms in total. The number of nitrogens with one attached hydrogen (secondary N) is 1. The van der Waals surface area contributed by atoms with Crippen LogP contribution in [-0.2, 0) is 14.8 Å². The van der Waals surface area contributed by atoms with Crippen LogP contribution in [0.1, 0.15) is 26.7 Å². The van der Waals surface area contributed by atoms with Crippen molar-refractivity contribution in [2.24, 2.45) is 0 Å². The summed E-state index contributed by atoms with van der Waals surface area (Å²) in [4.78, 5) is 24.0. The zero-order valence-corrected chi connectivity index (χ0v) is 12.3. The van der Waals surface area contributed by atoms with Crippen molar-refractivity contribution in [3.8, 4) is 0 Å². The van der Waals surface area contributed by atoms with Gasteiger partial charge in [-0.05, 0) is 29.3 Å². The van der Waals surface area contributed by atoms with Crippen LogP contribution in [0.5, 0.6) is 0 Å². The number of sulfonamides is 1. The molecule has 0 saturated carbocycles. The Kier molecular flexibility index (Phi) is 4.97. The highest BCUT2D eigenvalue weighted by molar-refractivity contribution is 7.89. The predicted molar refractivity (Wildman–Crippen MR) is 72.2 cm³/mol. The van der Waals surface area contributed by atoms with Crippen LogP contribution < -0.4 is 4.72 Å². The Morgan fingerprint density at radius 3 is 2.52 bits per heavy atom. The Morgan fingerprint density at radius 2 is 2.14 bits per heavy atom. The zero-order chi connectivity index (χ0) is 16.3. The average molecular weight is 317 g/mol. The molecule has 0 aromatic carbocycles. The van der Waals surface area contributed by atoms with Gasteiger partial charge in [0, 0.05) is 6.07 Å². The molecule has 0 aliphatic carbocycles. The molecule has 116 valence electrons. The van der Waals surface area contributed by atoms with Crippen LogP contribution in [0.25, 0.3) is 0 Å². The highest BCUT2D eigenvalue weighted by Gasteiger charge is 2.37. The van der Waals surface area contributed by atoms with Crippen molar-refractivity contribution in [1.29, 1.82) is 0 Å². The number of aliphatic carboxylic acids is 1. The van der Waals surface area contributed by atoms with Crippen LogP contribution in [0.4, 0.5) is 5.82 Å². The van der Waals surface area contributed by atoms with Gasteiger partial charge in [0.25, 0.3) is 0 Å². The average Bonchev–Trinajstić information content (AvgIpc) is 2.38. The molecule has 1 unspecified atom stereocenters. The van der Waals surface area contributed by atoms with Gasteiger partial charge in [0.1, 0.15) is 10.4 Å². The molecule has 0 spiro atoms. The Balaban J connectivity index is 3.10. The first-order chi connectivity index (χ1) is 9.62. The summed E-state index contributed by atoms with van der Waals surface area (Å²) in [6, 6.07) is 1.94. The first-order valence-corrected chi connectivity index (χ1v) is 7.48. The van der Waals surface area contributed by atoms with Crippen molar-refractivity contribution in [2.75, 3.05) is 0 Å². The number of carbonyl (C=O) groups is 1. The van der Waals surface area contributed by atoms with Crippen molar-refractivity contribution in [3.05, 3.63) is 28.4 Å². The summed E-state index contributed by atoms with van der Waals surface area (Å²) in [6.45, 7) is 2.98. The number of hydrogen-bond acceptors (Lipinski definition) is 6. The molecular formula is C11H15N3O6S. The van der Waals surface area contributed by atoms with Crippen LogP contribution >= 0.6 is 0 Å². The quantitative estimate of drug-likeness (QED) is 0.562. The lowest BCUT2D eigenvalue weighted by Gasteiger charge is -2.25. The molecule has 0 amide bonds. The molecular weight excluding hydrogens is 302 g/mol. The van der Waals surface area contributed by atoms with Crippen LogP contribution in [0.15, 0.2) is 23.2 Å². The van der Waals surface area contributed by atoms with Gasteiger partial charge in [-0.15, -0.1) is 0 Å². The fourth-order valence-corrected chi connectivity index (χ4v) is 3.04. The number of hydrogen-bond donors (Lipinski definition) is 2. The van der Waals surface area contributed by atoms with E-state index in [0.29, 0.717) is 6.42 Å². The highest BCUT2D eigenvalue weighted by Crippen LogP contribution is 2.19. The van der Waals surface area contributed by atoms with Gasteiger partial charge in [-0.3, -0.25) is 4.79 Å². The van der Waals surface area contributed by atoms with E-state index >= 15 is 0 Å². The first-order valence-electron chi connectivity index (χ1n) is 6.00. The SMILES string of the molecule is CCCC(C)(NS(=O)(=O)c1ccc([N+](=O)[O-])nc1)C(=O)O. The molecule has 1 aromatic rings. The standard InChI is InChI=1S/C11H15N3O6S/c1-3-6-11(2,10(15)16)13-21(19,20)8-4-5-9(12-7-8)14(17)18/h4-5,7,13H,3,6H2,1-2H3,(H,15,16). The minimum absolute atomic E-state index is 0.0992. The number of rotatable bonds is 7. The van der Waals surface area contributed by atoms with Crippen molar-refractivity contribution in [3.63, 3.8) is 0 Å². The lowest BCUT2D eigenvalue weighted by molar-refractivity contribution is -0.389. The summed E-state index contributed by atoms with van der Waals surface area (Å²) >= 11 is 0. The highest BCUT2D eigenvalue weighted by atomic mass is 32.2. The van der Waals surface area contributed by atoms with Crippen LogP contribution in [0.2, 0.25) is 0 Å². The van der Waals surface area contributed by atoms with E-state index in [2.05, 4.69) is 9.71 Å². The van der Waals surface area contributed by atoms with E-state index in [4.69, 9.17) is 5.11 Å². The molecule has 0 fully saturated rings. The number of carboxylic acids is 1. The second kappa shape index (κ2) is 6.14. The van der Waals surface area contributed by atoms with Crippen molar-refractivity contribution in [1.82, 2.24) is 9.71 Å². The maximum absolute atomic E-state index is 12.1. The maximum Gasteiger partial charge on any atom is 0.363 e. The summed E-state index contributed by atoms with van der Waals surface area (Å²) in [6.07, 6.45) is 1.38. The second-order valence-corrected chi connectivity index (χ2v) is 6.28. The topological polar surface area (TPSA) is 140 Å². The first kappa shape index (κ1) is 17.0. The monoisotopic (exact) mass is 317 g/mol. The smallest absolute Gasteiger partial charge is 0.363 e. The van der Waals surface area contributed by atoms with E-state index in [1.165, 1.54) is 6.92 Å². The molecule has 10 heteroatoms. The minimum Gasteiger partial charge on any atom is -0.480 e. The Hall–Kier alpha value is -2.07. The molecule has 0 saturated heterocycles. The Morgan fingerprint density at radius 1 is 1.52 bits per heavy atom. The lowest BCUT2D eigenvalue weighted by Crippen LogP contribution is -2.51. The zero-order valence-electron chi connectivity index (χ0n) is 11.4. The summed E-state index contributed by atoms with van der Waals surface area (Å²) < 4.78 is 26.3. The van der Waals surface area contributed by atoms with Gasteiger partial charge in [-0.1, -0.05) is 13.3 Å². The Bertz CT molecular complexity index is 642. The van der Waals surface area contributed by atoms with Gasteiger partial charge in [0.2, 0.25) is 10.0 Å². The van der Waals surface area contributed by atoms with Gasteiger partial charge in [-0.25, -0.2) is 8.42 Å². The van der Waals surface area contributed by atoms with Crippen molar-refractivity contribution in [2.45, 2.75) is 37.1 Å². The van der Waals surface area contributed by atoms with Crippen LogP contribution in [0, 0.1) is 10.1 Å². The third-order valence-electron chi connectivity index (χ3n) is 2.80. The molecule has 0 radical (unpaired) electrons. The molecule has 0 aliphatic heterocycles. The van der Waals surface area contributed by atoms with Gasteiger partial charge in [-0.2, -0.15) is 4.72 Å². The van der Waals surface area contributed by atoms with E-state index in [0.717, 1.165) is 18.3 Å². The third-order valence-corrected chi connectivity index (χ3v) is 4.38. The predicted octanol–water partition coefficient (Wildman–Crippen LogP) is 0.911. The molecule has 0 bridgehead atoms. The van der Waals surface area contributed by atoms with E-state index in [1.54, 1.807) is 6.92 Å². The van der Waals surface area contributed by atoms with E-state index < -0.39 is 32.3 Å². The van der Waals surface area contributed by atoms with Gasteiger partial charge >= 0.3 is 11.8 Å². The molecule has 0 aliphatic rings. The van der Waals surface area contributed by atoms with Gasteiger partial charge < -0.3 is 15.2 Å². The summed E-state index contributed by atoms with van der Waals surface area (Å²) in [7, 11) is -4.14. The minimum atomic E-state index is -4.14. The molecule has 1 aromatic heterocycles. The number of aromatic nitrogens is 1. The van der Waals surface area contributed by atoms with Crippen molar-refractivity contribution >= 4 is 21.8 Å². The van der Waals surface area contributed by atoms with Crippen LogP contribution in [0.3, 0.4) is 0 Å². The fourth-order valence-electron chi connectivity index (χ4n) is 1.70. The lowest BCUT2D eigenvalue weighted by atomic mass is 9.98. The number of nitro groups is 1. The largest absolute Gasteiger partial charge is 0.480 e. The summed E-state index contributed by atoms with van der Waals surface area (Å²) in [5.41, 5.74) is -1.66. The molecule has 1 rings (SSSR count). The third kappa shape index (κ3) is 3.95. The fraction of sp³-hybridized carbons (Fsp3) is 0.455. The summed E-state index contributed by atoms with van der Waals surface area (Å²) in [5, 5.41) is 19.6. The summed E-state index contributed by atoms with van der Waals surface area (Å²) in [5.74, 6) is -1.80. The Labute approximate surface area is 121 Å². The van der Waals surface area contributed by atoms with E-state index in [-0.39, 0.29) is 11.3 Å². The normalized spacial score (nSPS) is 14.4. The van der Waals surface area contributed by atoms with Gasteiger partial charge in [0.05, 0.1) is 0 Å². The maximum atomic E-state index is 12.1. The second-order valence-electron chi connectivity index (χ2n) is 4.60. The van der Waals surface area contributed by atoms with Gasteiger partial charge in [0.15, 0.2) is 6.20 Å².